The molecule has 4 aromatic carbocycles. The number of hydrogen-bond donors (Lipinski definition) is 1. The molecule has 140 valence electrons. The van der Waals surface area contributed by atoms with Gasteiger partial charge >= 0.3 is 0 Å². The molecule has 0 heterocycles. The van der Waals surface area contributed by atoms with Crippen molar-refractivity contribution >= 4 is 38.9 Å². The number of benzene rings is 4. The number of fused-ring (bicyclic) bond motifs is 2. The molecule has 0 aliphatic heterocycles. The lowest BCUT2D eigenvalue weighted by atomic mass is 10.1. The fraction of sp³-hybridized carbons (Fsp3) is 0.160. The predicted octanol–water partition coefficient (Wildman–Crippen LogP) is 6.91. The Bertz CT molecular complexity index is 1120. The summed E-state index contributed by atoms with van der Waals surface area (Å²) in [6.07, 6.45) is 0.974. The van der Waals surface area contributed by atoms with Crippen molar-refractivity contribution in [2.75, 3.05) is 5.32 Å². The highest BCUT2D eigenvalue weighted by Crippen LogP contribution is 2.27. The molecule has 0 aliphatic rings. The molecule has 28 heavy (non-hydrogen) atoms. The Labute approximate surface area is 165 Å². The number of aliphatic imine (C=N–C) groups is 1. The first kappa shape index (κ1) is 18.1. The van der Waals surface area contributed by atoms with Crippen molar-refractivity contribution in [3.63, 3.8) is 0 Å². The molecular formula is C25H24N2O. The van der Waals surface area contributed by atoms with Gasteiger partial charge in [-0.2, -0.15) is 4.99 Å². The molecule has 3 heteroatoms. The highest BCUT2D eigenvalue weighted by atomic mass is 16.5. The first-order chi connectivity index (χ1) is 13.7. The van der Waals surface area contributed by atoms with E-state index in [-0.39, 0.29) is 6.10 Å². The van der Waals surface area contributed by atoms with E-state index in [1.807, 2.05) is 42.5 Å². The van der Waals surface area contributed by atoms with E-state index in [9.17, 15) is 0 Å². The molecule has 0 saturated carbocycles. The van der Waals surface area contributed by atoms with Gasteiger partial charge in [0.15, 0.2) is 0 Å². The predicted molar refractivity (Wildman–Crippen MR) is 119 cm³/mol. The third kappa shape index (κ3) is 3.84. The summed E-state index contributed by atoms with van der Waals surface area (Å²) in [4.78, 5) is 4.86. The molecule has 4 rings (SSSR count). The number of nitrogens with zero attached hydrogens (tertiary/aromatic N) is 1. The Hall–Kier alpha value is -3.33. The van der Waals surface area contributed by atoms with Gasteiger partial charge in [-0.25, -0.2) is 0 Å². The molecule has 1 N–H and O–H groups in total. The van der Waals surface area contributed by atoms with Crippen LogP contribution in [0, 0.1) is 0 Å². The summed E-state index contributed by atoms with van der Waals surface area (Å²) in [6, 6.07) is 29.5. The van der Waals surface area contributed by atoms with E-state index < -0.39 is 0 Å². The quantitative estimate of drug-likeness (QED) is 0.314. The van der Waals surface area contributed by atoms with Gasteiger partial charge in [0.25, 0.3) is 6.02 Å². The summed E-state index contributed by atoms with van der Waals surface area (Å²) in [6.45, 7) is 4.17. The second-order valence-electron chi connectivity index (χ2n) is 6.90. The van der Waals surface area contributed by atoms with Crippen molar-refractivity contribution in [3.05, 3.63) is 84.9 Å². The minimum absolute atomic E-state index is 0.0659. The summed E-state index contributed by atoms with van der Waals surface area (Å²) in [5, 5.41) is 8.02. The van der Waals surface area contributed by atoms with E-state index in [2.05, 4.69) is 61.6 Å². The van der Waals surface area contributed by atoms with Crippen LogP contribution in [0.2, 0.25) is 0 Å². The lowest BCUT2D eigenvalue weighted by molar-refractivity contribution is 0.203. The molecular weight excluding hydrogens is 344 g/mol. The van der Waals surface area contributed by atoms with E-state index >= 15 is 0 Å². The Balaban J connectivity index is 1.77. The summed E-state index contributed by atoms with van der Waals surface area (Å²) in [7, 11) is 0. The third-order valence-electron chi connectivity index (χ3n) is 4.91. The van der Waals surface area contributed by atoms with E-state index in [1.54, 1.807) is 0 Å². The van der Waals surface area contributed by atoms with Gasteiger partial charge in [-0.3, -0.25) is 0 Å². The van der Waals surface area contributed by atoms with Crippen LogP contribution in [0.5, 0.6) is 0 Å². The number of hydrogen-bond acceptors (Lipinski definition) is 2. The standard InChI is InChI=1S/C25H24N2O/c1-3-18(2)28-25(26-23-16-8-12-19-10-4-6-14-21(19)23)27-24-17-9-13-20-11-5-7-15-22(20)24/h4-18H,3H2,1-2H3,(H,26,27)/t18-/m1/s1. The number of amidine groups is 1. The van der Waals surface area contributed by atoms with E-state index in [1.165, 1.54) is 5.39 Å². The molecule has 0 spiro atoms. The zero-order valence-corrected chi connectivity index (χ0v) is 16.2. The minimum atomic E-state index is 0.0659. The maximum absolute atomic E-state index is 6.14. The monoisotopic (exact) mass is 368 g/mol. The van der Waals surface area contributed by atoms with Gasteiger partial charge in [0.2, 0.25) is 0 Å². The first-order valence-electron chi connectivity index (χ1n) is 9.72. The van der Waals surface area contributed by atoms with Crippen LogP contribution in [0.4, 0.5) is 11.4 Å². The Morgan fingerprint density at radius 3 is 2.18 bits per heavy atom. The molecule has 0 aliphatic carbocycles. The molecule has 0 amide bonds. The van der Waals surface area contributed by atoms with Crippen molar-refractivity contribution in [1.82, 2.24) is 0 Å². The maximum atomic E-state index is 6.14. The van der Waals surface area contributed by atoms with Gasteiger partial charge < -0.3 is 10.1 Å². The van der Waals surface area contributed by atoms with Crippen molar-refractivity contribution in [2.24, 2.45) is 4.99 Å². The third-order valence-corrected chi connectivity index (χ3v) is 4.91. The lowest BCUT2D eigenvalue weighted by Gasteiger charge is -2.17. The van der Waals surface area contributed by atoms with Crippen LogP contribution in [-0.4, -0.2) is 12.1 Å². The second-order valence-corrected chi connectivity index (χ2v) is 6.90. The van der Waals surface area contributed by atoms with E-state index in [0.717, 1.165) is 34.0 Å². The van der Waals surface area contributed by atoms with Gasteiger partial charge in [-0.05, 0) is 36.2 Å². The van der Waals surface area contributed by atoms with Crippen molar-refractivity contribution in [2.45, 2.75) is 26.4 Å². The Morgan fingerprint density at radius 2 is 1.43 bits per heavy atom. The molecule has 0 bridgehead atoms. The Morgan fingerprint density at radius 1 is 0.821 bits per heavy atom. The van der Waals surface area contributed by atoms with Gasteiger partial charge in [-0.1, -0.05) is 79.7 Å². The summed E-state index contributed by atoms with van der Waals surface area (Å²) in [5.41, 5.74) is 1.88. The molecule has 1 atom stereocenters. The molecule has 0 aromatic heterocycles. The SMILES string of the molecule is CC[C@@H](C)OC(=Nc1cccc2ccccc12)Nc1cccc2ccccc12. The molecule has 0 unspecified atom stereocenters. The van der Waals surface area contributed by atoms with Crippen LogP contribution in [-0.2, 0) is 4.74 Å². The largest absolute Gasteiger partial charge is 0.462 e. The average molecular weight is 368 g/mol. The van der Waals surface area contributed by atoms with Crippen LogP contribution in [0.25, 0.3) is 21.5 Å². The normalized spacial score (nSPS) is 12.9. The maximum Gasteiger partial charge on any atom is 0.294 e. The second kappa shape index (κ2) is 8.13. The summed E-state index contributed by atoms with van der Waals surface area (Å²) < 4.78 is 6.14. The van der Waals surface area contributed by atoms with Crippen LogP contribution < -0.4 is 5.32 Å². The van der Waals surface area contributed by atoms with Gasteiger partial charge in [-0.15, -0.1) is 0 Å². The summed E-state index contributed by atoms with van der Waals surface area (Å²) in [5.74, 6) is 0. The highest BCUT2D eigenvalue weighted by Gasteiger charge is 2.10. The zero-order valence-electron chi connectivity index (χ0n) is 16.2. The molecule has 4 aromatic rings. The van der Waals surface area contributed by atoms with E-state index in [0.29, 0.717) is 6.02 Å². The highest BCUT2D eigenvalue weighted by molar-refractivity contribution is 6.03. The average Bonchev–Trinajstić information content (AvgIpc) is 2.74. The van der Waals surface area contributed by atoms with Gasteiger partial charge in [0.1, 0.15) is 0 Å². The molecule has 0 fully saturated rings. The minimum Gasteiger partial charge on any atom is -0.462 e. The number of anilines is 1. The Kier molecular flexibility index (Phi) is 5.24. The van der Waals surface area contributed by atoms with Crippen molar-refractivity contribution in [1.29, 1.82) is 0 Å². The number of rotatable bonds is 4. The smallest absolute Gasteiger partial charge is 0.294 e. The lowest BCUT2D eigenvalue weighted by Crippen LogP contribution is -2.21. The van der Waals surface area contributed by atoms with Gasteiger partial charge in [0, 0.05) is 10.8 Å². The number of nitrogens with one attached hydrogen (secondary N) is 1. The van der Waals surface area contributed by atoms with Crippen LogP contribution in [0.1, 0.15) is 20.3 Å². The van der Waals surface area contributed by atoms with Crippen LogP contribution >= 0.6 is 0 Å². The van der Waals surface area contributed by atoms with Crippen molar-refractivity contribution < 1.29 is 4.74 Å². The fourth-order valence-corrected chi connectivity index (χ4v) is 3.22. The van der Waals surface area contributed by atoms with Crippen LogP contribution in [0.3, 0.4) is 0 Å². The fourth-order valence-electron chi connectivity index (χ4n) is 3.22. The van der Waals surface area contributed by atoms with Gasteiger partial charge in [0.05, 0.1) is 17.5 Å². The number of ether oxygens (including phenoxy) is 1. The van der Waals surface area contributed by atoms with Crippen molar-refractivity contribution in [3.8, 4) is 0 Å². The molecule has 3 nitrogen and oxygen atoms in total. The molecule has 0 radical (unpaired) electrons. The topological polar surface area (TPSA) is 33.6 Å². The summed E-state index contributed by atoms with van der Waals surface area (Å²) >= 11 is 0. The molecule has 0 saturated heterocycles. The van der Waals surface area contributed by atoms with Crippen LogP contribution in [0.15, 0.2) is 89.9 Å². The first-order valence-corrected chi connectivity index (χ1v) is 9.72. The zero-order chi connectivity index (χ0) is 19.3. The van der Waals surface area contributed by atoms with E-state index in [4.69, 9.17) is 9.73 Å².